The quantitative estimate of drug-likeness (QED) is 0.729. The Kier molecular flexibility index (Phi) is 6.24. The number of amides is 1. The monoisotopic (exact) mass is 339 g/mol. The molecule has 0 bridgehead atoms. The number of benzene rings is 2. The second-order valence-corrected chi connectivity index (χ2v) is 7.15. The van der Waals surface area contributed by atoms with Gasteiger partial charge in [-0.25, -0.2) is 0 Å². The third-order valence-corrected chi connectivity index (χ3v) is 4.33. The fraction of sp³-hybridized carbons (Fsp3) is 0.409. The number of rotatable bonds is 6. The lowest BCUT2D eigenvalue weighted by Crippen LogP contribution is -2.42. The average molecular weight is 339 g/mol. The summed E-state index contributed by atoms with van der Waals surface area (Å²) in [5.41, 5.74) is 4.27. The Balaban J connectivity index is 2.15. The van der Waals surface area contributed by atoms with Gasteiger partial charge in [-0.05, 0) is 70.9 Å². The van der Waals surface area contributed by atoms with Crippen molar-refractivity contribution in [3.63, 3.8) is 0 Å². The molecule has 0 spiro atoms. The standard InChI is InChI=1S/C22H29NO2/c1-15(2)23(16(3)4)22(24)19-8-7-9-21(13-19)25-14-20-12-17(5)10-11-18(20)6/h7-13,15-16H,14H2,1-6H3. The average Bonchev–Trinajstić information content (AvgIpc) is 2.55. The molecule has 0 aliphatic rings. The Morgan fingerprint density at radius 2 is 1.68 bits per heavy atom. The van der Waals surface area contributed by atoms with Gasteiger partial charge in [-0.3, -0.25) is 4.79 Å². The van der Waals surface area contributed by atoms with Crippen LogP contribution in [-0.2, 0) is 6.61 Å². The summed E-state index contributed by atoms with van der Waals surface area (Å²) in [6.45, 7) is 12.8. The van der Waals surface area contributed by atoms with Crippen molar-refractivity contribution in [3.05, 3.63) is 64.7 Å². The Morgan fingerprint density at radius 1 is 1.00 bits per heavy atom. The van der Waals surface area contributed by atoms with Crippen molar-refractivity contribution in [3.8, 4) is 5.75 Å². The van der Waals surface area contributed by atoms with E-state index >= 15 is 0 Å². The molecule has 0 saturated carbocycles. The normalized spacial score (nSPS) is 11.0. The van der Waals surface area contributed by atoms with Gasteiger partial charge in [-0.15, -0.1) is 0 Å². The van der Waals surface area contributed by atoms with E-state index in [1.165, 1.54) is 16.7 Å². The molecule has 0 atom stereocenters. The molecule has 0 heterocycles. The maximum atomic E-state index is 12.8. The molecule has 25 heavy (non-hydrogen) atoms. The van der Waals surface area contributed by atoms with Gasteiger partial charge in [-0.1, -0.05) is 29.8 Å². The molecule has 3 nitrogen and oxygen atoms in total. The minimum atomic E-state index is 0.0437. The molecule has 0 N–H and O–H groups in total. The third-order valence-electron chi connectivity index (χ3n) is 4.33. The summed E-state index contributed by atoms with van der Waals surface area (Å²) in [7, 11) is 0. The molecule has 2 aromatic carbocycles. The number of nitrogens with zero attached hydrogens (tertiary/aromatic N) is 1. The van der Waals surface area contributed by atoms with Gasteiger partial charge in [0.2, 0.25) is 0 Å². The molecule has 3 heteroatoms. The van der Waals surface area contributed by atoms with E-state index in [2.05, 4.69) is 32.0 Å². The number of aryl methyl sites for hydroxylation is 2. The van der Waals surface area contributed by atoms with Crippen molar-refractivity contribution >= 4 is 5.91 Å². The molecule has 0 aliphatic heterocycles. The Morgan fingerprint density at radius 3 is 2.32 bits per heavy atom. The zero-order valence-electron chi connectivity index (χ0n) is 16.2. The van der Waals surface area contributed by atoms with E-state index in [-0.39, 0.29) is 18.0 Å². The van der Waals surface area contributed by atoms with Crippen LogP contribution in [0.4, 0.5) is 0 Å². The van der Waals surface area contributed by atoms with Gasteiger partial charge in [0.05, 0.1) is 0 Å². The Bertz CT molecular complexity index is 727. The van der Waals surface area contributed by atoms with Crippen molar-refractivity contribution in [2.45, 2.75) is 60.2 Å². The fourth-order valence-electron chi connectivity index (χ4n) is 3.05. The summed E-state index contributed by atoms with van der Waals surface area (Å²) in [4.78, 5) is 14.7. The maximum absolute atomic E-state index is 12.8. The van der Waals surface area contributed by atoms with Gasteiger partial charge in [0.1, 0.15) is 12.4 Å². The Labute approximate surface area is 151 Å². The van der Waals surface area contributed by atoms with Gasteiger partial charge in [0.15, 0.2) is 0 Å². The highest BCUT2D eigenvalue weighted by molar-refractivity contribution is 5.95. The van der Waals surface area contributed by atoms with E-state index in [4.69, 9.17) is 4.74 Å². The van der Waals surface area contributed by atoms with E-state index in [0.29, 0.717) is 12.2 Å². The van der Waals surface area contributed by atoms with Crippen molar-refractivity contribution in [1.82, 2.24) is 4.90 Å². The zero-order chi connectivity index (χ0) is 18.6. The van der Waals surface area contributed by atoms with E-state index < -0.39 is 0 Å². The Hall–Kier alpha value is -2.29. The molecule has 0 aliphatic carbocycles. The van der Waals surface area contributed by atoms with E-state index in [9.17, 15) is 4.79 Å². The van der Waals surface area contributed by atoms with E-state index in [0.717, 1.165) is 5.75 Å². The van der Waals surface area contributed by atoms with Crippen LogP contribution in [0.25, 0.3) is 0 Å². The van der Waals surface area contributed by atoms with Crippen LogP contribution in [0.5, 0.6) is 5.75 Å². The van der Waals surface area contributed by atoms with Crippen LogP contribution in [0.1, 0.15) is 54.7 Å². The summed E-state index contributed by atoms with van der Waals surface area (Å²) >= 11 is 0. The van der Waals surface area contributed by atoms with Crippen LogP contribution in [0, 0.1) is 13.8 Å². The molecule has 1 amide bonds. The first-order chi connectivity index (χ1) is 11.8. The van der Waals surface area contributed by atoms with E-state index in [1.807, 2.05) is 56.9 Å². The van der Waals surface area contributed by atoms with Crippen molar-refractivity contribution in [2.24, 2.45) is 0 Å². The van der Waals surface area contributed by atoms with Crippen LogP contribution in [0.15, 0.2) is 42.5 Å². The van der Waals surface area contributed by atoms with Gasteiger partial charge in [0.25, 0.3) is 5.91 Å². The first-order valence-corrected chi connectivity index (χ1v) is 8.91. The largest absolute Gasteiger partial charge is 0.489 e. The molecule has 134 valence electrons. The van der Waals surface area contributed by atoms with Crippen molar-refractivity contribution < 1.29 is 9.53 Å². The predicted octanol–water partition coefficient (Wildman–Crippen LogP) is 5.14. The summed E-state index contributed by atoms with van der Waals surface area (Å²) in [6, 6.07) is 14.1. The molecule has 2 rings (SSSR count). The summed E-state index contributed by atoms with van der Waals surface area (Å²) in [5.74, 6) is 0.765. The molecule has 2 aromatic rings. The first kappa shape index (κ1) is 19.0. The highest BCUT2D eigenvalue weighted by atomic mass is 16.5. The molecular formula is C22H29NO2. The number of ether oxygens (including phenoxy) is 1. The fourth-order valence-corrected chi connectivity index (χ4v) is 3.05. The van der Waals surface area contributed by atoms with Gasteiger partial charge < -0.3 is 9.64 Å². The van der Waals surface area contributed by atoms with Crippen LogP contribution in [0.3, 0.4) is 0 Å². The maximum Gasteiger partial charge on any atom is 0.254 e. The van der Waals surface area contributed by atoms with Crippen molar-refractivity contribution in [1.29, 1.82) is 0 Å². The number of carbonyl (C=O) groups excluding carboxylic acids is 1. The molecule has 0 radical (unpaired) electrons. The SMILES string of the molecule is Cc1ccc(C)c(COc2cccc(C(=O)N(C(C)C)C(C)C)c2)c1. The third kappa shape index (κ3) is 4.85. The zero-order valence-corrected chi connectivity index (χ0v) is 16.2. The van der Waals surface area contributed by atoms with Gasteiger partial charge in [-0.2, -0.15) is 0 Å². The predicted molar refractivity (Wildman–Crippen MR) is 103 cm³/mol. The number of hydrogen-bond donors (Lipinski definition) is 0. The summed E-state index contributed by atoms with van der Waals surface area (Å²) < 4.78 is 5.95. The topological polar surface area (TPSA) is 29.5 Å². The lowest BCUT2D eigenvalue weighted by molar-refractivity contribution is 0.0643. The minimum absolute atomic E-state index is 0.0437. The van der Waals surface area contributed by atoms with Gasteiger partial charge >= 0.3 is 0 Å². The van der Waals surface area contributed by atoms with Crippen LogP contribution in [-0.4, -0.2) is 22.9 Å². The highest BCUT2D eigenvalue weighted by Crippen LogP contribution is 2.20. The molecule has 0 fully saturated rings. The molecule has 0 saturated heterocycles. The lowest BCUT2D eigenvalue weighted by atomic mass is 10.1. The summed E-state index contributed by atoms with van der Waals surface area (Å²) in [6.07, 6.45) is 0. The van der Waals surface area contributed by atoms with E-state index in [1.54, 1.807) is 0 Å². The summed E-state index contributed by atoms with van der Waals surface area (Å²) in [5, 5.41) is 0. The van der Waals surface area contributed by atoms with Crippen LogP contribution >= 0.6 is 0 Å². The van der Waals surface area contributed by atoms with Crippen molar-refractivity contribution in [2.75, 3.05) is 0 Å². The lowest BCUT2D eigenvalue weighted by Gasteiger charge is -2.31. The smallest absolute Gasteiger partial charge is 0.254 e. The minimum Gasteiger partial charge on any atom is -0.489 e. The number of carbonyl (C=O) groups is 1. The van der Waals surface area contributed by atoms with Crippen LogP contribution in [0.2, 0.25) is 0 Å². The number of hydrogen-bond acceptors (Lipinski definition) is 2. The molecule has 0 aromatic heterocycles. The second-order valence-electron chi connectivity index (χ2n) is 7.15. The highest BCUT2D eigenvalue weighted by Gasteiger charge is 2.21. The molecular weight excluding hydrogens is 310 g/mol. The first-order valence-electron chi connectivity index (χ1n) is 8.91. The molecule has 0 unspecified atom stereocenters. The van der Waals surface area contributed by atoms with Crippen LogP contribution < -0.4 is 4.74 Å². The second kappa shape index (κ2) is 8.19. The van der Waals surface area contributed by atoms with Gasteiger partial charge in [0, 0.05) is 17.6 Å².